The Bertz CT molecular complexity index is 1250. The van der Waals surface area contributed by atoms with Gasteiger partial charge in [-0.05, 0) is 36.8 Å². The van der Waals surface area contributed by atoms with Gasteiger partial charge in [0.15, 0.2) is 4.34 Å². The first-order valence-corrected chi connectivity index (χ1v) is 13.0. The van der Waals surface area contributed by atoms with E-state index < -0.39 is 28.4 Å². The van der Waals surface area contributed by atoms with Gasteiger partial charge in [0.2, 0.25) is 11.0 Å². The number of thioether (sulfide) groups is 1. The fourth-order valence-electron chi connectivity index (χ4n) is 2.66. The molecule has 0 spiro atoms. The molecule has 0 saturated carbocycles. The molecule has 0 aliphatic rings. The molecule has 0 saturated heterocycles. The number of benzene rings is 2. The van der Waals surface area contributed by atoms with E-state index in [2.05, 4.69) is 20.3 Å². The third-order valence-electron chi connectivity index (χ3n) is 4.25. The summed E-state index contributed by atoms with van der Waals surface area (Å²) < 4.78 is 32.8. The number of hydrogen-bond acceptors (Lipinski definition) is 9. The number of hydrogen-bond donors (Lipinski definition) is 1. The Hall–Kier alpha value is -2.67. The Balaban J connectivity index is 1.84. The van der Waals surface area contributed by atoms with Gasteiger partial charge < -0.3 is 4.74 Å². The van der Waals surface area contributed by atoms with E-state index in [-0.39, 0.29) is 21.5 Å². The molecule has 0 aliphatic carbocycles. The van der Waals surface area contributed by atoms with Crippen LogP contribution in [0.1, 0.15) is 5.56 Å². The number of methoxy groups -OCH3 is 1. The molecule has 2 aromatic carbocycles. The van der Waals surface area contributed by atoms with Gasteiger partial charge in [-0.25, -0.2) is 8.42 Å². The fourth-order valence-corrected chi connectivity index (χ4v) is 5.92. The Kier molecular flexibility index (Phi) is 8.30. The number of carbonyl (C=O) groups is 2. The molecule has 1 heterocycles. The molecule has 0 bridgehead atoms. The number of esters is 1. The predicted molar refractivity (Wildman–Crippen MR) is 128 cm³/mol. The molecule has 33 heavy (non-hydrogen) atoms. The lowest BCUT2D eigenvalue weighted by molar-refractivity contribution is -0.137. The van der Waals surface area contributed by atoms with Crippen LogP contribution in [0.25, 0.3) is 0 Å². The van der Waals surface area contributed by atoms with Gasteiger partial charge in [-0.3, -0.25) is 19.2 Å². The number of halogens is 1. The van der Waals surface area contributed by atoms with E-state index in [1.54, 1.807) is 37.3 Å². The first-order valence-electron chi connectivity index (χ1n) is 9.37. The highest BCUT2D eigenvalue weighted by Gasteiger charge is 2.28. The maximum Gasteiger partial charge on any atom is 0.316 e. The summed E-state index contributed by atoms with van der Waals surface area (Å²) in [6.07, 6.45) is 0. The molecule has 0 atom stereocenters. The maximum absolute atomic E-state index is 13.4. The SMILES string of the molecule is COC(=O)CSc1nnc(NC(=O)CN(c2cc(Cl)ccc2C)S(=O)(=O)c2ccccc2)s1. The van der Waals surface area contributed by atoms with Crippen LogP contribution in [0.15, 0.2) is 57.8 Å². The van der Waals surface area contributed by atoms with Crippen LogP contribution in [0, 0.1) is 6.92 Å². The van der Waals surface area contributed by atoms with Gasteiger partial charge in [-0.15, -0.1) is 10.2 Å². The molecule has 1 N–H and O–H groups in total. The number of rotatable bonds is 9. The minimum Gasteiger partial charge on any atom is -0.468 e. The highest BCUT2D eigenvalue weighted by atomic mass is 35.5. The molecular weight excluding hydrogens is 508 g/mol. The average Bonchev–Trinajstić information content (AvgIpc) is 3.25. The van der Waals surface area contributed by atoms with Crippen molar-refractivity contribution in [3.05, 3.63) is 59.1 Å². The van der Waals surface area contributed by atoms with E-state index in [4.69, 9.17) is 11.6 Å². The number of anilines is 2. The van der Waals surface area contributed by atoms with Crippen molar-refractivity contribution >= 4 is 67.4 Å². The second-order valence-electron chi connectivity index (χ2n) is 6.54. The van der Waals surface area contributed by atoms with Gasteiger partial charge in [0.1, 0.15) is 6.54 Å². The highest BCUT2D eigenvalue weighted by Crippen LogP contribution is 2.30. The molecule has 13 heteroatoms. The molecule has 0 fully saturated rings. The monoisotopic (exact) mass is 526 g/mol. The van der Waals surface area contributed by atoms with Crippen LogP contribution in [-0.2, 0) is 24.3 Å². The molecule has 9 nitrogen and oxygen atoms in total. The van der Waals surface area contributed by atoms with E-state index in [0.29, 0.717) is 14.9 Å². The van der Waals surface area contributed by atoms with Crippen molar-refractivity contribution in [2.75, 3.05) is 29.0 Å². The summed E-state index contributed by atoms with van der Waals surface area (Å²) in [6, 6.07) is 12.6. The van der Waals surface area contributed by atoms with Crippen LogP contribution < -0.4 is 9.62 Å². The van der Waals surface area contributed by atoms with Crippen LogP contribution in [0.3, 0.4) is 0 Å². The average molecular weight is 527 g/mol. The number of sulfonamides is 1. The largest absolute Gasteiger partial charge is 0.468 e. The standard InChI is InChI=1S/C20H19ClN4O5S3/c1-13-8-9-14(21)10-16(13)25(33(28,29)15-6-4-3-5-7-15)11-17(26)22-19-23-24-20(32-19)31-12-18(27)30-2/h3-10H,11-12H2,1-2H3,(H,22,23,26). The lowest BCUT2D eigenvalue weighted by atomic mass is 10.2. The van der Waals surface area contributed by atoms with E-state index in [1.807, 2.05) is 0 Å². The maximum atomic E-state index is 13.4. The summed E-state index contributed by atoms with van der Waals surface area (Å²) in [4.78, 5) is 24.1. The zero-order chi connectivity index (χ0) is 24.0. The van der Waals surface area contributed by atoms with Crippen molar-refractivity contribution in [2.45, 2.75) is 16.2 Å². The van der Waals surface area contributed by atoms with E-state index in [0.717, 1.165) is 27.4 Å². The van der Waals surface area contributed by atoms with Crippen LogP contribution in [0.4, 0.5) is 10.8 Å². The second-order valence-corrected chi connectivity index (χ2v) is 11.0. The summed E-state index contributed by atoms with van der Waals surface area (Å²) in [5.74, 6) is -0.982. The summed E-state index contributed by atoms with van der Waals surface area (Å²) in [5, 5.41) is 10.8. The van der Waals surface area contributed by atoms with Crippen LogP contribution in [0.5, 0.6) is 0 Å². The van der Waals surface area contributed by atoms with Gasteiger partial charge in [0.25, 0.3) is 10.0 Å². The normalized spacial score (nSPS) is 11.1. The molecule has 1 aromatic heterocycles. The number of nitrogens with zero attached hydrogens (tertiary/aromatic N) is 3. The summed E-state index contributed by atoms with van der Waals surface area (Å²) >= 11 is 8.29. The lowest BCUT2D eigenvalue weighted by Crippen LogP contribution is -2.38. The predicted octanol–water partition coefficient (Wildman–Crippen LogP) is 3.60. The summed E-state index contributed by atoms with van der Waals surface area (Å²) in [7, 11) is -2.79. The Morgan fingerprint density at radius 1 is 1.18 bits per heavy atom. The number of amides is 1. The van der Waals surface area contributed by atoms with E-state index >= 15 is 0 Å². The summed E-state index contributed by atoms with van der Waals surface area (Å²) in [6.45, 7) is 1.22. The van der Waals surface area contributed by atoms with Crippen molar-refractivity contribution in [3.63, 3.8) is 0 Å². The molecule has 0 radical (unpaired) electrons. The molecule has 1 amide bonds. The molecular formula is C20H19ClN4O5S3. The first-order chi connectivity index (χ1) is 15.7. The second kappa shape index (κ2) is 11.0. The molecule has 3 aromatic rings. The van der Waals surface area contributed by atoms with Crippen LogP contribution >= 0.6 is 34.7 Å². The number of ether oxygens (including phenoxy) is 1. The van der Waals surface area contributed by atoms with Crippen LogP contribution in [-0.4, -0.2) is 49.9 Å². The Morgan fingerprint density at radius 3 is 2.61 bits per heavy atom. The van der Waals surface area contributed by atoms with Gasteiger partial charge in [-0.1, -0.05) is 59.0 Å². The minimum absolute atomic E-state index is 0.0367. The number of aromatic nitrogens is 2. The van der Waals surface area contributed by atoms with Crippen molar-refractivity contribution < 1.29 is 22.7 Å². The minimum atomic E-state index is -4.07. The number of aryl methyl sites for hydroxylation is 1. The van der Waals surface area contributed by atoms with Gasteiger partial charge in [0.05, 0.1) is 23.4 Å². The van der Waals surface area contributed by atoms with Crippen molar-refractivity contribution in [1.82, 2.24) is 10.2 Å². The third kappa shape index (κ3) is 6.44. The van der Waals surface area contributed by atoms with Crippen molar-refractivity contribution in [2.24, 2.45) is 0 Å². The van der Waals surface area contributed by atoms with Crippen molar-refractivity contribution in [3.8, 4) is 0 Å². The van der Waals surface area contributed by atoms with Crippen LogP contribution in [0.2, 0.25) is 5.02 Å². The van der Waals surface area contributed by atoms with Gasteiger partial charge in [0, 0.05) is 5.02 Å². The number of carbonyl (C=O) groups excluding carboxylic acids is 2. The zero-order valence-electron chi connectivity index (χ0n) is 17.5. The first kappa shape index (κ1) is 25.0. The fraction of sp³-hybridized carbons (Fsp3) is 0.200. The zero-order valence-corrected chi connectivity index (χ0v) is 20.7. The van der Waals surface area contributed by atoms with Crippen molar-refractivity contribution in [1.29, 1.82) is 0 Å². The van der Waals surface area contributed by atoms with E-state index in [1.165, 1.54) is 25.3 Å². The molecule has 3 rings (SSSR count). The third-order valence-corrected chi connectivity index (χ3v) is 8.21. The van der Waals surface area contributed by atoms with Gasteiger partial charge in [-0.2, -0.15) is 0 Å². The topological polar surface area (TPSA) is 119 Å². The van der Waals surface area contributed by atoms with Gasteiger partial charge >= 0.3 is 5.97 Å². The lowest BCUT2D eigenvalue weighted by Gasteiger charge is -2.25. The Labute approximate surface area is 204 Å². The highest BCUT2D eigenvalue weighted by molar-refractivity contribution is 8.01. The summed E-state index contributed by atoms with van der Waals surface area (Å²) in [5.41, 5.74) is 0.914. The smallest absolute Gasteiger partial charge is 0.316 e. The molecule has 0 aliphatic heterocycles. The number of nitrogens with one attached hydrogen (secondary N) is 1. The van der Waals surface area contributed by atoms with E-state index in [9.17, 15) is 18.0 Å². The quantitative estimate of drug-likeness (QED) is 0.255. The molecule has 174 valence electrons. The Morgan fingerprint density at radius 2 is 1.91 bits per heavy atom. The molecule has 0 unspecified atom stereocenters.